The van der Waals surface area contributed by atoms with Crippen molar-refractivity contribution >= 4 is 15.9 Å². The number of nitrogens with zero attached hydrogens (tertiary/aromatic N) is 4. The molecule has 1 aromatic heterocycles. The summed E-state index contributed by atoms with van der Waals surface area (Å²) in [6.07, 6.45) is 0. The van der Waals surface area contributed by atoms with E-state index in [0.717, 1.165) is 16.8 Å². The third-order valence-corrected chi connectivity index (χ3v) is 2.52. The molecule has 0 unspecified atom stereocenters. The highest BCUT2D eigenvalue weighted by Gasteiger charge is 2.17. The van der Waals surface area contributed by atoms with Crippen molar-refractivity contribution < 1.29 is 8.78 Å². The zero-order valence-electron chi connectivity index (χ0n) is 8.78. The van der Waals surface area contributed by atoms with E-state index in [1.165, 1.54) is 0 Å². The van der Waals surface area contributed by atoms with Gasteiger partial charge < -0.3 is 5.32 Å². The summed E-state index contributed by atoms with van der Waals surface area (Å²) in [6.45, 7) is 0.307. The minimum absolute atomic E-state index is 0.288. The monoisotopic (exact) mass is 303 g/mol. The molecule has 0 aliphatic carbocycles. The average molecular weight is 304 g/mol. The van der Waals surface area contributed by atoms with Gasteiger partial charge in [-0.2, -0.15) is 4.68 Å². The lowest BCUT2D eigenvalue weighted by atomic mass is 10.3. The minimum atomic E-state index is -0.735. The molecule has 17 heavy (non-hydrogen) atoms. The number of hydrogen-bond donors (Lipinski definition) is 1. The maximum Gasteiger partial charge on any atom is 0.170 e. The van der Waals surface area contributed by atoms with E-state index in [1.807, 2.05) is 0 Å². The Bertz CT molecular complexity index is 519. The summed E-state index contributed by atoms with van der Waals surface area (Å²) < 4.78 is 28.7. The van der Waals surface area contributed by atoms with Crippen LogP contribution < -0.4 is 5.32 Å². The number of halogens is 3. The molecule has 0 spiro atoms. The van der Waals surface area contributed by atoms with Gasteiger partial charge >= 0.3 is 0 Å². The molecule has 90 valence electrons. The van der Waals surface area contributed by atoms with E-state index in [1.54, 1.807) is 7.05 Å². The van der Waals surface area contributed by atoms with Crippen LogP contribution in [0.1, 0.15) is 5.82 Å². The van der Waals surface area contributed by atoms with Crippen molar-refractivity contribution in [2.45, 2.75) is 6.54 Å². The van der Waals surface area contributed by atoms with Crippen molar-refractivity contribution in [2.75, 3.05) is 7.05 Å². The lowest BCUT2D eigenvalue weighted by Gasteiger charge is -2.07. The van der Waals surface area contributed by atoms with Gasteiger partial charge in [0.1, 0.15) is 5.69 Å². The summed E-state index contributed by atoms with van der Waals surface area (Å²) in [5, 5.41) is 13.5. The number of nitrogens with one attached hydrogen (secondary N) is 1. The van der Waals surface area contributed by atoms with Gasteiger partial charge in [-0.15, -0.1) is 5.10 Å². The fraction of sp³-hybridized carbons (Fsp3) is 0.222. The Labute approximate surface area is 104 Å². The van der Waals surface area contributed by atoms with E-state index in [-0.39, 0.29) is 5.69 Å². The number of aromatic nitrogens is 4. The first-order valence-corrected chi connectivity index (χ1v) is 5.49. The van der Waals surface area contributed by atoms with E-state index >= 15 is 0 Å². The molecule has 5 nitrogen and oxygen atoms in total. The quantitative estimate of drug-likeness (QED) is 0.932. The molecule has 1 N–H and O–H groups in total. The van der Waals surface area contributed by atoms with E-state index < -0.39 is 11.6 Å². The number of rotatable bonds is 3. The molecule has 2 rings (SSSR count). The Morgan fingerprint density at radius 2 is 2.00 bits per heavy atom. The van der Waals surface area contributed by atoms with Crippen LogP contribution in [-0.4, -0.2) is 27.3 Å². The largest absolute Gasteiger partial charge is 0.313 e. The van der Waals surface area contributed by atoms with Crippen LogP contribution in [-0.2, 0) is 6.54 Å². The average Bonchev–Trinajstić information content (AvgIpc) is 2.65. The lowest BCUT2D eigenvalue weighted by Crippen LogP contribution is -2.14. The van der Waals surface area contributed by atoms with Gasteiger partial charge in [0.2, 0.25) is 0 Å². The van der Waals surface area contributed by atoms with Gasteiger partial charge in [-0.25, -0.2) is 8.78 Å². The standard InChI is InChI=1S/C9H8BrF2N5/c1-13-4-8-14-15-16-17(8)9-6(11)2-5(10)3-7(9)12/h2-3,13H,4H2,1H3. The highest BCUT2D eigenvalue weighted by molar-refractivity contribution is 9.10. The molecule has 8 heteroatoms. The Morgan fingerprint density at radius 1 is 1.35 bits per heavy atom. The predicted molar refractivity (Wildman–Crippen MR) is 59.5 cm³/mol. The van der Waals surface area contributed by atoms with Crippen molar-refractivity contribution in [3.05, 3.63) is 34.1 Å². The number of hydrogen-bond acceptors (Lipinski definition) is 4. The Balaban J connectivity index is 2.56. The van der Waals surface area contributed by atoms with E-state index in [0.29, 0.717) is 16.8 Å². The Kier molecular flexibility index (Phi) is 3.43. The van der Waals surface area contributed by atoms with Gasteiger partial charge in [-0.1, -0.05) is 15.9 Å². The molecule has 1 heterocycles. The first kappa shape index (κ1) is 12.1. The molecule has 0 fully saturated rings. The second-order valence-corrected chi connectivity index (χ2v) is 4.17. The summed E-state index contributed by atoms with van der Waals surface area (Å²) in [5.74, 6) is -1.14. The highest BCUT2D eigenvalue weighted by Crippen LogP contribution is 2.22. The van der Waals surface area contributed by atoms with Crippen molar-refractivity contribution in [1.29, 1.82) is 0 Å². The molecule has 0 amide bonds. The molecule has 0 saturated carbocycles. The van der Waals surface area contributed by atoms with Gasteiger partial charge in [0.05, 0.1) is 6.54 Å². The predicted octanol–water partition coefficient (Wildman–Crippen LogP) is 1.42. The normalized spacial score (nSPS) is 10.8. The Morgan fingerprint density at radius 3 is 2.59 bits per heavy atom. The maximum atomic E-state index is 13.7. The maximum absolute atomic E-state index is 13.7. The zero-order valence-corrected chi connectivity index (χ0v) is 10.4. The molecular weight excluding hydrogens is 296 g/mol. The first-order valence-electron chi connectivity index (χ1n) is 4.70. The molecule has 0 aliphatic heterocycles. The van der Waals surface area contributed by atoms with Crippen LogP contribution in [0.2, 0.25) is 0 Å². The van der Waals surface area contributed by atoms with Crippen molar-refractivity contribution in [3.8, 4) is 5.69 Å². The molecule has 0 aliphatic rings. The molecule has 2 aromatic rings. The SMILES string of the molecule is CNCc1nnnn1-c1c(F)cc(Br)cc1F. The number of tetrazole rings is 1. The van der Waals surface area contributed by atoms with Gasteiger partial charge in [0.25, 0.3) is 0 Å². The van der Waals surface area contributed by atoms with E-state index in [2.05, 4.69) is 36.8 Å². The molecule has 0 atom stereocenters. The fourth-order valence-corrected chi connectivity index (χ4v) is 1.79. The van der Waals surface area contributed by atoms with Gasteiger partial charge in [0.15, 0.2) is 17.5 Å². The smallest absolute Gasteiger partial charge is 0.170 e. The molecule has 1 aromatic carbocycles. The van der Waals surface area contributed by atoms with Crippen LogP contribution >= 0.6 is 15.9 Å². The lowest BCUT2D eigenvalue weighted by molar-refractivity contribution is 0.547. The second-order valence-electron chi connectivity index (χ2n) is 3.26. The van der Waals surface area contributed by atoms with Crippen LogP contribution in [0.3, 0.4) is 0 Å². The third-order valence-electron chi connectivity index (χ3n) is 2.06. The topological polar surface area (TPSA) is 55.6 Å². The van der Waals surface area contributed by atoms with E-state index in [9.17, 15) is 8.78 Å². The second kappa shape index (κ2) is 4.84. The first-order chi connectivity index (χ1) is 8.13. The molecular formula is C9H8BrF2N5. The van der Waals surface area contributed by atoms with E-state index in [4.69, 9.17) is 0 Å². The van der Waals surface area contributed by atoms with Crippen LogP contribution in [0.25, 0.3) is 5.69 Å². The van der Waals surface area contributed by atoms with Gasteiger partial charge in [0, 0.05) is 4.47 Å². The summed E-state index contributed by atoms with van der Waals surface area (Å²) in [5.41, 5.74) is -0.288. The van der Waals surface area contributed by atoms with Crippen molar-refractivity contribution in [1.82, 2.24) is 25.5 Å². The van der Waals surface area contributed by atoms with Crippen LogP contribution in [0.4, 0.5) is 8.78 Å². The third kappa shape index (κ3) is 2.32. The summed E-state index contributed by atoms with van der Waals surface area (Å²) in [6, 6.07) is 2.31. The van der Waals surface area contributed by atoms with Crippen LogP contribution in [0.15, 0.2) is 16.6 Å². The van der Waals surface area contributed by atoms with Crippen LogP contribution in [0.5, 0.6) is 0 Å². The highest BCUT2D eigenvalue weighted by atomic mass is 79.9. The zero-order chi connectivity index (χ0) is 12.4. The Hall–Kier alpha value is -1.41. The summed E-state index contributed by atoms with van der Waals surface area (Å²) >= 11 is 3.01. The van der Waals surface area contributed by atoms with Gasteiger partial charge in [-0.05, 0) is 29.6 Å². The van der Waals surface area contributed by atoms with Crippen molar-refractivity contribution in [2.24, 2.45) is 0 Å². The number of benzene rings is 1. The molecule has 0 bridgehead atoms. The summed E-state index contributed by atoms with van der Waals surface area (Å²) in [4.78, 5) is 0. The fourth-order valence-electron chi connectivity index (χ4n) is 1.38. The van der Waals surface area contributed by atoms with Crippen molar-refractivity contribution in [3.63, 3.8) is 0 Å². The van der Waals surface area contributed by atoms with Crippen LogP contribution in [0, 0.1) is 11.6 Å². The summed E-state index contributed by atoms with van der Waals surface area (Å²) in [7, 11) is 1.69. The molecule has 0 radical (unpaired) electrons. The van der Waals surface area contributed by atoms with Gasteiger partial charge in [-0.3, -0.25) is 0 Å². The minimum Gasteiger partial charge on any atom is -0.313 e. The molecule has 0 saturated heterocycles.